The number of ether oxygens (including phenoxy) is 2. The van der Waals surface area contributed by atoms with Crippen LogP contribution in [0.3, 0.4) is 0 Å². The van der Waals surface area contributed by atoms with Crippen LogP contribution in [0, 0.1) is 12.0 Å². The van der Waals surface area contributed by atoms with E-state index in [1.165, 1.54) is 11.1 Å². The Morgan fingerprint density at radius 2 is 2.26 bits per heavy atom. The number of likely N-dealkylation sites (N-methyl/N-ethyl adjacent to an activating group) is 1. The number of hydrogen-bond acceptors (Lipinski definition) is 4. The number of hydrogen-bond donors (Lipinski definition) is 1. The summed E-state index contributed by atoms with van der Waals surface area (Å²) in [6.07, 6.45) is 5.53. The highest BCUT2D eigenvalue weighted by atomic mass is 16.5. The van der Waals surface area contributed by atoms with Gasteiger partial charge in [0.05, 0.1) is 12.5 Å². The minimum Gasteiger partial charge on any atom is -0.493 e. The van der Waals surface area contributed by atoms with Gasteiger partial charge >= 0.3 is 0 Å². The quantitative estimate of drug-likeness (QED) is 0.802. The average molecular weight is 312 g/mol. The first-order valence-electron chi connectivity index (χ1n) is 8.40. The van der Waals surface area contributed by atoms with E-state index >= 15 is 0 Å². The molecule has 0 saturated carbocycles. The lowest BCUT2D eigenvalue weighted by molar-refractivity contribution is -0.110. The van der Waals surface area contributed by atoms with Crippen molar-refractivity contribution in [2.45, 2.75) is 42.9 Å². The van der Waals surface area contributed by atoms with Gasteiger partial charge in [0, 0.05) is 17.5 Å². The minimum absolute atomic E-state index is 0.174. The molecular weight excluding hydrogens is 290 g/mol. The van der Waals surface area contributed by atoms with E-state index in [0.29, 0.717) is 12.0 Å². The Hall–Kier alpha value is -1.52. The van der Waals surface area contributed by atoms with E-state index in [-0.39, 0.29) is 5.41 Å². The Morgan fingerprint density at radius 1 is 1.43 bits per heavy atom. The number of rotatable bonds is 1. The predicted molar refractivity (Wildman–Crippen MR) is 85.9 cm³/mol. The Labute approximate surface area is 136 Å². The molecule has 121 valence electrons. The highest BCUT2D eigenvalue weighted by molar-refractivity contribution is 5.63. The molecular formula is C19H22NO3. The molecule has 4 aliphatic rings. The minimum atomic E-state index is -0.633. The molecule has 1 aromatic carbocycles. The molecule has 0 unspecified atom stereocenters. The molecule has 2 aliphatic heterocycles. The number of likely N-dealkylation sites (tertiary alicyclic amines) is 1. The third-order valence-electron chi connectivity index (χ3n) is 6.88. The van der Waals surface area contributed by atoms with Crippen molar-refractivity contribution in [3.8, 4) is 11.5 Å². The van der Waals surface area contributed by atoms with E-state index in [9.17, 15) is 5.11 Å². The molecule has 1 fully saturated rings. The van der Waals surface area contributed by atoms with Crippen molar-refractivity contribution in [2.75, 3.05) is 20.7 Å². The standard InChI is InChI=1S/C19H22NO3/c1-18-15(21)7-5-12-13-10-11-4-6-14(22-3)17(23-18)16(11)19(12,18)8-9-20(13)2/h5-7,12-13,15,21H,8-10H2,1-3H3/t12-,13+,15-,18-,19-/m0/s1. The zero-order chi connectivity index (χ0) is 16.0. The van der Waals surface area contributed by atoms with Crippen LogP contribution in [-0.2, 0) is 11.8 Å². The molecule has 2 heterocycles. The van der Waals surface area contributed by atoms with Gasteiger partial charge in [-0.3, -0.25) is 0 Å². The Kier molecular flexibility index (Phi) is 2.48. The molecule has 1 radical (unpaired) electrons. The second kappa shape index (κ2) is 4.11. The summed E-state index contributed by atoms with van der Waals surface area (Å²) in [6.45, 7) is 3.10. The fourth-order valence-corrected chi connectivity index (χ4v) is 5.66. The highest BCUT2D eigenvalue weighted by Gasteiger charge is 2.70. The Morgan fingerprint density at radius 3 is 3.04 bits per heavy atom. The van der Waals surface area contributed by atoms with Crippen LogP contribution in [-0.4, -0.2) is 48.5 Å². The molecule has 4 heteroatoms. The maximum absolute atomic E-state index is 10.8. The smallest absolute Gasteiger partial charge is 0.166 e. The summed E-state index contributed by atoms with van der Waals surface area (Å²) >= 11 is 0. The maximum Gasteiger partial charge on any atom is 0.166 e. The van der Waals surface area contributed by atoms with Gasteiger partial charge in [-0.25, -0.2) is 0 Å². The highest BCUT2D eigenvalue weighted by Crippen LogP contribution is 2.66. The normalized spacial score (nSPS) is 43.0. The molecule has 1 spiro atoms. The van der Waals surface area contributed by atoms with Crippen LogP contribution in [0.1, 0.15) is 24.5 Å². The van der Waals surface area contributed by atoms with Gasteiger partial charge in [0.2, 0.25) is 0 Å². The van der Waals surface area contributed by atoms with E-state index in [1.54, 1.807) is 7.11 Å². The van der Waals surface area contributed by atoms with Gasteiger partial charge in [-0.05, 0) is 51.1 Å². The first-order valence-corrected chi connectivity index (χ1v) is 8.40. The van der Waals surface area contributed by atoms with Crippen molar-refractivity contribution >= 4 is 0 Å². The van der Waals surface area contributed by atoms with Crippen molar-refractivity contribution < 1.29 is 14.6 Å². The molecule has 1 saturated heterocycles. The summed E-state index contributed by atoms with van der Waals surface area (Å²) in [6, 6.07) is 5.78. The molecule has 0 amide bonds. The second-order valence-corrected chi connectivity index (χ2v) is 7.58. The van der Waals surface area contributed by atoms with E-state index in [0.717, 1.165) is 30.9 Å². The summed E-state index contributed by atoms with van der Waals surface area (Å²) in [5.41, 5.74) is 1.68. The first kappa shape index (κ1) is 13.9. The van der Waals surface area contributed by atoms with Crippen molar-refractivity contribution in [1.82, 2.24) is 4.90 Å². The molecule has 4 nitrogen and oxygen atoms in total. The van der Waals surface area contributed by atoms with Crippen LogP contribution in [0.5, 0.6) is 11.5 Å². The number of nitrogens with zero attached hydrogens (tertiary/aromatic N) is 1. The van der Waals surface area contributed by atoms with Crippen molar-refractivity contribution in [3.63, 3.8) is 0 Å². The predicted octanol–water partition coefficient (Wildman–Crippen LogP) is 1.69. The van der Waals surface area contributed by atoms with E-state index in [4.69, 9.17) is 9.47 Å². The molecule has 2 bridgehead atoms. The SMILES string of the molecule is COc1c[c]c2c3c1O[C@@]1(C)[C@@H](O)C=C[C@H]4[C@@H](C2)N(C)CC[C@@]341. The van der Waals surface area contributed by atoms with Crippen LogP contribution in [0.2, 0.25) is 0 Å². The third kappa shape index (κ3) is 1.33. The van der Waals surface area contributed by atoms with Crippen LogP contribution in [0.25, 0.3) is 0 Å². The van der Waals surface area contributed by atoms with E-state index in [2.05, 4.69) is 31.0 Å². The lowest BCUT2D eigenvalue weighted by atomic mass is 9.49. The molecule has 5 rings (SSSR count). The fourth-order valence-electron chi connectivity index (χ4n) is 5.66. The summed E-state index contributed by atoms with van der Waals surface area (Å²) in [5.74, 6) is 1.93. The van der Waals surface area contributed by atoms with Crippen LogP contribution < -0.4 is 9.47 Å². The Bertz CT molecular complexity index is 730. The lowest BCUT2D eigenvalue weighted by Gasteiger charge is -2.60. The Balaban J connectivity index is 1.87. The van der Waals surface area contributed by atoms with E-state index < -0.39 is 11.7 Å². The van der Waals surface area contributed by atoms with Gasteiger partial charge < -0.3 is 19.5 Å². The van der Waals surface area contributed by atoms with Crippen molar-refractivity contribution in [1.29, 1.82) is 0 Å². The molecule has 1 aromatic rings. The van der Waals surface area contributed by atoms with Crippen LogP contribution in [0.15, 0.2) is 18.2 Å². The van der Waals surface area contributed by atoms with Gasteiger partial charge in [0.25, 0.3) is 0 Å². The van der Waals surface area contributed by atoms with Gasteiger partial charge in [-0.15, -0.1) is 0 Å². The maximum atomic E-state index is 10.8. The average Bonchev–Trinajstić information content (AvgIpc) is 2.82. The topological polar surface area (TPSA) is 41.9 Å². The molecule has 0 aromatic heterocycles. The molecule has 1 N–H and O–H groups in total. The fraction of sp³-hybridized carbons (Fsp3) is 0.579. The van der Waals surface area contributed by atoms with Crippen molar-refractivity contribution in [3.05, 3.63) is 35.4 Å². The van der Waals surface area contributed by atoms with Gasteiger partial charge in [0.1, 0.15) is 11.7 Å². The summed E-state index contributed by atoms with van der Waals surface area (Å²) in [4.78, 5) is 2.46. The zero-order valence-corrected chi connectivity index (χ0v) is 13.8. The molecule has 5 atom stereocenters. The summed E-state index contributed by atoms with van der Waals surface area (Å²) in [7, 11) is 3.88. The van der Waals surface area contributed by atoms with Gasteiger partial charge in [0.15, 0.2) is 11.5 Å². The number of aliphatic hydroxyl groups is 1. The second-order valence-electron chi connectivity index (χ2n) is 7.58. The molecule has 2 aliphatic carbocycles. The number of benzene rings is 1. The third-order valence-corrected chi connectivity index (χ3v) is 6.88. The zero-order valence-electron chi connectivity index (χ0n) is 13.8. The van der Waals surface area contributed by atoms with Crippen LogP contribution in [0.4, 0.5) is 0 Å². The number of piperidine rings is 1. The summed E-state index contributed by atoms with van der Waals surface area (Å²) in [5, 5.41) is 10.8. The molecule has 23 heavy (non-hydrogen) atoms. The largest absolute Gasteiger partial charge is 0.493 e. The number of methoxy groups -OCH3 is 1. The van der Waals surface area contributed by atoms with E-state index in [1.807, 2.05) is 12.1 Å². The lowest BCUT2D eigenvalue weighted by Crippen LogP contribution is -2.70. The van der Waals surface area contributed by atoms with Gasteiger partial charge in [-0.1, -0.05) is 12.2 Å². The number of aliphatic hydroxyl groups excluding tert-OH is 1. The monoisotopic (exact) mass is 312 g/mol. The van der Waals surface area contributed by atoms with Crippen LogP contribution >= 0.6 is 0 Å². The summed E-state index contributed by atoms with van der Waals surface area (Å²) < 4.78 is 12.0. The first-order chi connectivity index (χ1) is 11.0. The van der Waals surface area contributed by atoms with Gasteiger partial charge in [-0.2, -0.15) is 0 Å². The van der Waals surface area contributed by atoms with Crippen molar-refractivity contribution in [2.24, 2.45) is 5.92 Å².